The Kier molecular flexibility index (Phi) is 6.47. The number of halogens is 1. The van der Waals surface area contributed by atoms with Crippen LogP contribution >= 0.6 is 0 Å². The van der Waals surface area contributed by atoms with E-state index in [0.717, 1.165) is 18.7 Å². The monoisotopic (exact) mass is 281 g/mol. The van der Waals surface area contributed by atoms with Crippen molar-refractivity contribution in [1.82, 2.24) is 0 Å². The van der Waals surface area contributed by atoms with Crippen LogP contribution in [-0.2, 0) is 0 Å². The van der Waals surface area contributed by atoms with Crippen molar-refractivity contribution in [2.45, 2.75) is 66.0 Å². The fraction of sp³-hybridized carbons (Fsp3) is 0.647. The molecule has 0 saturated carbocycles. The maximum Gasteiger partial charge on any atom is 0.126 e. The summed E-state index contributed by atoms with van der Waals surface area (Å²) >= 11 is 0. The SMILES string of the molecule is CCCCCN(c1cc(C)c(F)cc1[C@@H](C)O)C(C)C. The summed E-state index contributed by atoms with van der Waals surface area (Å²) in [6.07, 6.45) is 2.82. The Morgan fingerprint density at radius 2 is 1.85 bits per heavy atom. The molecule has 0 fully saturated rings. The number of hydrogen-bond donors (Lipinski definition) is 1. The fourth-order valence-corrected chi connectivity index (χ4v) is 2.45. The molecule has 0 aliphatic heterocycles. The van der Waals surface area contributed by atoms with E-state index in [4.69, 9.17) is 0 Å². The molecule has 0 heterocycles. The average molecular weight is 281 g/mol. The Balaban J connectivity index is 3.14. The Morgan fingerprint density at radius 3 is 2.35 bits per heavy atom. The van der Waals surface area contributed by atoms with Gasteiger partial charge in [0.2, 0.25) is 0 Å². The summed E-state index contributed by atoms with van der Waals surface area (Å²) in [5.41, 5.74) is 2.27. The van der Waals surface area contributed by atoms with E-state index in [1.54, 1.807) is 13.8 Å². The molecule has 1 aromatic carbocycles. The third kappa shape index (κ3) is 4.20. The quantitative estimate of drug-likeness (QED) is 0.739. The first-order valence-corrected chi connectivity index (χ1v) is 7.63. The third-order valence-corrected chi connectivity index (χ3v) is 3.69. The summed E-state index contributed by atoms with van der Waals surface area (Å²) in [7, 11) is 0. The van der Waals surface area contributed by atoms with E-state index in [0.29, 0.717) is 17.2 Å². The molecule has 3 heteroatoms. The predicted molar refractivity (Wildman–Crippen MR) is 83.8 cm³/mol. The van der Waals surface area contributed by atoms with Gasteiger partial charge in [0.05, 0.1) is 6.10 Å². The number of rotatable bonds is 7. The lowest BCUT2D eigenvalue weighted by atomic mass is 10.0. The van der Waals surface area contributed by atoms with Crippen molar-refractivity contribution in [3.63, 3.8) is 0 Å². The molecule has 0 amide bonds. The van der Waals surface area contributed by atoms with Crippen molar-refractivity contribution in [3.05, 3.63) is 29.1 Å². The first kappa shape index (κ1) is 17.0. The number of aryl methyl sites for hydroxylation is 1. The van der Waals surface area contributed by atoms with Crippen LogP contribution in [0.1, 0.15) is 64.2 Å². The van der Waals surface area contributed by atoms with Crippen molar-refractivity contribution < 1.29 is 9.50 Å². The van der Waals surface area contributed by atoms with E-state index in [1.165, 1.54) is 18.9 Å². The molecule has 0 aliphatic rings. The second-order valence-electron chi connectivity index (χ2n) is 5.83. The molecule has 1 atom stereocenters. The third-order valence-electron chi connectivity index (χ3n) is 3.69. The van der Waals surface area contributed by atoms with Crippen LogP contribution in [-0.4, -0.2) is 17.7 Å². The maximum atomic E-state index is 13.8. The minimum atomic E-state index is -0.660. The Bertz CT molecular complexity index is 429. The highest BCUT2D eigenvalue weighted by Crippen LogP contribution is 2.31. The molecule has 0 unspecified atom stereocenters. The van der Waals surface area contributed by atoms with Crippen molar-refractivity contribution in [3.8, 4) is 0 Å². The number of nitrogens with zero attached hydrogens (tertiary/aromatic N) is 1. The second-order valence-corrected chi connectivity index (χ2v) is 5.83. The van der Waals surface area contributed by atoms with Gasteiger partial charge in [0.1, 0.15) is 5.82 Å². The fourth-order valence-electron chi connectivity index (χ4n) is 2.45. The number of benzene rings is 1. The van der Waals surface area contributed by atoms with Gasteiger partial charge in [-0.05, 0) is 51.8 Å². The number of aliphatic hydroxyl groups is 1. The van der Waals surface area contributed by atoms with Gasteiger partial charge in [-0.2, -0.15) is 0 Å². The van der Waals surface area contributed by atoms with Gasteiger partial charge in [0.25, 0.3) is 0 Å². The summed E-state index contributed by atoms with van der Waals surface area (Å²) in [5.74, 6) is -0.248. The zero-order valence-electron chi connectivity index (χ0n) is 13.4. The zero-order valence-corrected chi connectivity index (χ0v) is 13.4. The molecule has 0 bridgehead atoms. The smallest absolute Gasteiger partial charge is 0.126 e. The van der Waals surface area contributed by atoms with E-state index in [1.807, 2.05) is 6.07 Å². The minimum Gasteiger partial charge on any atom is -0.389 e. The molecule has 1 rings (SSSR count). The first-order valence-electron chi connectivity index (χ1n) is 7.63. The number of aliphatic hydroxyl groups excluding tert-OH is 1. The lowest BCUT2D eigenvalue weighted by molar-refractivity contribution is 0.199. The van der Waals surface area contributed by atoms with Gasteiger partial charge < -0.3 is 10.0 Å². The number of hydrogen-bond acceptors (Lipinski definition) is 2. The topological polar surface area (TPSA) is 23.5 Å². The molecular formula is C17H28FNO. The maximum absolute atomic E-state index is 13.8. The van der Waals surface area contributed by atoms with Crippen LogP contribution < -0.4 is 4.90 Å². The van der Waals surface area contributed by atoms with Crippen LogP contribution in [0.2, 0.25) is 0 Å². The summed E-state index contributed by atoms with van der Waals surface area (Å²) in [6, 6.07) is 3.67. The summed E-state index contributed by atoms with van der Waals surface area (Å²) in [6.45, 7) is 10.9. The van der Waals surface area contributed by atoms with Crippen LogP contribution in [0.25, 0.3) is 0 Å². The van der Waals surface area contributed by atoms with Crippen LogP contribution in [0.15, 0.2) is 12.1 Å². The van der Waals surface area contributed by atoms with Crippen molar-refractivity contribution >= 4 is 5.69 Å². The summed E-state index contributed by atoms with van der Waals surface area (Å²) in [4.78, 5) is 2.27. The molecule has 2 nitrogen and oxygen atoms in total. The van der Waals surface area contributed by atoms with Gasteiger partial charge in [-0.15, -0.1) is 0 Å². The molecule has 1 N–H and O–H groups in total. The van der Waals surface area contributed by atoms with E-state index < -0.39 is 6.10 Å². The molecule has 0 saturated heterocycles. The summed E-state index contributed by atoms with van der Waals surface area (Å²) in [5, 5.41) is 9.93. The van der Waals surface area contributed by atoms with Gasteiger partial charge in [0.15, 0.2) is 0 Å². The Labute approximate surface area is 122 Å². The molecule has 0 aromatic heterocycles. The normalized spacial score (nSPS) is 12.8. The lowest BCUT2D eigenvalue weighted by Crippen LogP contribution is -2.33. The standard InChI is InChI=1S/C17H28FNO/c1-6-7-8-9-19(12(2)3)17-10-13(4)16(18)11-15(17)14(5)20/h10-12,14,20H,6-9H2,1-5H3/t14-/m1/s1. The molecule has 0 radical (unpaired) electrons. The van der Waals surface area contributed by atoms with Gasteiger partial charge in [-0.3, -0.25) is 0 Å². The zero-order chi connectivity index (χ0) is 15.3. The van der Waals surface area contributed by atoms with Crippen molar-refractivity contribution in [2.75, 3.05) is 11.4 Å². The lowest BCUT2D eigenvalue weighted by Gasteiger charge is -2.32. The predicted octanol–water partition coefficient (Wildman–Crippen LogP) is 4.59. The number of anilines is 1. The van der Waals surface area contributed by atoms with Crippen LogP contribution in [0, 0.1) is 12.7 Å². The first-order chi connectivity index (χ1) is 9.38. The highest BCUT2D eigenvalue weighted by atomic mass is 19.1. The Hall–Kier alpha value is -1.09. The van der Waals surface area contributed by atoms with Gasteiger partial charge in [-0.25, -0.2) is 4.39 Å². The second kappa shape index (κ2) is 7.63. The summed E-state index contributed by atoms with van der Waals surface area (Å²) < 4.78 is 13.8. The minimum absolute atomic E-state index is 0.248. The molecule has 1 aromatic rings. The number of unbranched alkanes of at least 4 members (excludes halogenated alkanes) is 2. The van der Waals surface area contributed by atoms with Crippen molar-refractivity contribution in [2.24, 2.45) is 0 Å². The average Bonchev–Trinajstić information content (AvgIpc) is 2.37. The molecule has 114 valence electrons. The van der Waals surface area contributed by atoms with E-state index in [9.17, 15) is 9.50 Å². The van der Waals surface area contributed by atoms with E-state index >= 15 is 0 Å². The van der Waals surface area contributed by atoms with Gasteiger partial charge in [0, 0.05) is 23.8 Å². The Morgan fingerprint density at radius 1 is 1.20 bits per heavy atom. The van der Waals surface area contributed by atoms with Crippen molar-refractivity contribution in [1.29, 1.82) is 0 Å². The largest absolute Gasteiger partial charge is 0.389 e. The highest BCUT2D eigenvalue weighted by molar-refractivity contribution is 5.57. The molecule has 20 heavy (non-hydrogen) atoms. The van der Waals surface area contributed by atoms with Crippen LogP contribution in [0.4, 0.5) is 10.1 Å². The van der Waals surface area contributed by atoms with E-state index in [2.05, 4.69) is 25.7 Å². The highest BCUT2D eigenvalue weighted by Gasteiger charge is 2.18. The molecule has 0 spiro atoms. The van der Waals surface area contributed by atoms with Gasteiger partial charge >= 0.3 is 0 Å². The van der Waals surface area contributed by atoms with Gasteiger partial charge in [-0.1, -0.05) is 19.8 Å². The molecular weight excluding hydrogens is 253 g/mol. The van der Waals surface area contributed by atoms with E-state index in [-0.39, 0.29) is 5.82 Å². The van der Waals surface area contributed by atoms with Crippen LogP contribution in [0.3, 0.4) is 0 Å². The molecule has 0 aliphatic carbocycles. The van der Waals surface area contributed by atoms with Crippen LogP contribution in [0.5, 0.6) is 0 Å².